The number of nitrogens with one attached hydrogen (secondary N) is 2. The topological polar surface area (TPSA) is 71.9 Å². The van der Waals surface area contributed by atoms with Gasteiger partial charge in [-0.2, -0.15) is 5.26 Å². The van der Waals surface area contributed by atoms with Crippen LogP contribution >= 0.6 is 0 Å². The monoisotopic (exact) mass is 426 g/mol. The van der Waals surface area contributed by atoms with E-state index in [1.165, 1.54) is 30.4 Å². The lowest BCUT2D eigenvalue weighted by Crippen LogP contribution is -2.51. The number of benzene rings is 2. The van der Waals surface area contributed by atoms with Gasteiger partial charge >= 0.3 is 0 Å². The van der Waals surface area contributed by atoms with Crippen LogP contribution in [0, 0.1) is 11.3 Å². The van der Waals surface area contributed by atoms with E-state index in [4.69, 9.17) is 5.26 Å². The third-order valence-electron chi connectivity index (χ3n) is 7.34. The first-order chi connectivity index (χ1) is 15.6. The van der Waals surface area contributed by atoms with Crippen LogP contribution in [-0.4, -0.2) is 34.4 Å². The molecule has 2 N–H and O–H groups in total. The summed E-state index contributed by atoms with van der Waals surface area (Å²) in [5.41, 5.74) is 5.06. The molecular formula is C27H30N4O. The fourth-order valence-corrected chi connectivity index (χ4v) is 5.42. The summed E-state index contributed by atoms with van der Waals surface area (Å²) >= 11 is 0. The van der Waals surface area contributed by atoms with Gasteiger partial charge in [0, 0.05) is 47.8 Å². The van der Waals surface area contributed by atoms with Crippen LogP contribution in [0.5, 0.6) is 0 Å². The molecule has 5 nitrogen and oxygen atoms in total. The van der Waals surface area contributed by atoms with Crippen molar-refractivity contribution in [2.75, 3.05) is 13.1 Å². The van der Waals surface area contributed by atoms with Gasteiger partial charge in [-0.1, -0.05) is 25.3 Å². The lowest BCUT2D eigenvalue weighted by atomic mass is 9.78. The second-order valence-electron chi connectivity index (χ2n) is 9.45. The largest absolute Gasteiger partial charge is 0.361 e. The van der Waals surface area contributed by atoms with E-state index in [9.17, 15) is 4.79 Å². The average Bonchev–Trinajstić information content (AvgIpc) is 3.31. The average molecular weight is 427 g/mol. The Bertz CT molecular complexity index is 1170. The van der Waals surface area contributed by atoms with Gasteiger partial charge in [-0.25, -0.2) is 0 Å². The Morgan fingerprint density at radius 2 is 1.97 bits per heavy atom. The maximum atomic E-state index is 13.2. The minimum atomic E-state index is -0.118. The van der Waals surface area contributed by atoms with Crippen molar-refractivity contribution in [3.05, 3.63) is 70.9 Å². The maximum Gasteiger partial charge on any atom is 0.251 e. The first kappa shape index (κ1) is 20.8. The molecule has 1 saturated carbocycles. The standard InChI is InChI=1S/C27H30N4O/c28-18-20-4-5-24-19-31(14-9-21(24)16-20)15-12-27(10-2-1-3-11-27)30-26(32)23-6-7-25-22(17-23)8-13-29-25/h4-8,13,16-17,29H,1-3,9-12,14-15,19H2,(H,30,32). The number of rotatable bonds is 5. The van der Waals surface area contributed by atoms with E-state index in [-0.39, 0.29) is 11.4 Å². The number of hydrogen-bond acceptors (Lipinski definition) is 3. The SMILES string of the molecule is N#Cc1ccc2c(c1)CCN(CCC1(NC(=O)c3ccc4[nH]ccc4c3)CCCCC1)C2. The number of carbonyl (C=O) groups is 1. The Labute approximate surface area is 189 Å². The third kappa shape index (κ3) is 4.28. The number of aromatic amines is 1. The zero-order valence-electron chi connectivity index (χ0n) is 18.5. The van der Waals surface area contributed by atoms with E-state index in [0.29, 0.717) is 0 Å². The Morgan fingerprint density at radius 1 is 1.09 bits per heavy atom. The molecule has 5 heteroatoms. The summed E-state index contributed by atoms with van der Waals surface area (Å²) in [5, 5.41) is 13.7. The number of carbonyl (C=O) groups excluding carboxylic acids is 1. The molecule has 0 saturated heterocycles. The van der Waals surface area contributed by atoms with E-state index in [2.05, 4.69) is 27.3 Å². The fraction of sp³-hybridized carbons (Fsp3) is 0.407. The highest BCUT2D eigenvalue weighted by Gasteiger charge is 2.34. The molecule has 1 amide bonds. The van der Waals surface area contributed by atoms with Gasteiger partial charge in [-0.05, 0) is 73.2 Å². The van der Waals surface area contributed by atoms with Gasteiger partial charge in [0.2, 0.25) is 0 Å². The van der Waals surface area contributed by atoms with Gasteiger partial charge in [0.1, 0.15) is 0 Å². The highest BCUT2D eigenvalue weighted by atomic mass is 16.1. The quantitative estimate of drug-likeness (QED) is 0.608. The molecule has 1 fully saturated rings. The first-order valence-corrected chi connectivity index (χ1v) is 11.8. The molecule has 1 aliphatic carbocycles. The Hall–Kier alpha value is -3.10. The molecule has 0 unspecified atom stereocenters. The highest BCUT2D eigenvalue weighted by Crippen LogP contribution is 2.32. The molecule has 164 valence electrons. The number of hydrogen-bond donors (Lipinski definition) is 2. The van der Waals surface area contributed by atoms with Gasteiger partial charge in [0.05, 0.1) is 11.6 Å². The van der Waals surface area contributed by atoms with Gasteiger partial charge in [-0.15, -0.1) is 0 Å². The molecule has 3 aromatic rings. The number of nitrogens with zero attached hydrogens (tertiary/aromatic N) is 2. The zero-order valence-corrected chi connectivity index (χ0v) is 18.5. The lowest BCUT2D eigenvalue weighted by Gasteiger charge is -2.40. The van der Waals surface area contributed by atoms with Crippen molar-refractivity contribution in [3.8, 4) is 6.07 Å². The maximum absolute atomic E-state index is 13.2. The predicted molar refractivity (Wildman–Crippen MR) is 126 cm³/mol. The minimum Gasteiger partial charge on any atom is -0.361 e. The molecule has 1 aromatic heterocycles. The third-order valence-corrected chi connectivity index (χ3v) is 7.34. The highest BCUT2D eigenvalue weighted by molar-refractivity contribution is 5.98. The van der Waals surface area contributed by atoms with Crippen molar-refractivity contribution in [1.29, 1.82) is 5.26 Å². The molecule has 0 atom stereocenters. The van der Waals surface area contributed by atoms with E-state index in [1.54, 1.807) is 0 Å². The van der Waals surface area contributed by atoms with Gasteiger partial charge in [0.25, 0.3) is 5.91 Å². The molecule has 5 rings (SSSR count). The molecule has 1 aliphatic heterocycles. The molecule has 2 aromatic carbocycles. The van der Waals surface area contributed by atoms with Crippen LogP contribution in [-0.2, 0) is 13.0 Å². The summed E-state index contributed by atoms with van der Waals surface area (Å²) in [6, 6.07) is 16.2. The van der Waals surface area contributed by atoms with Crippen LogP contribution in [0.2, 0.25) is 0 Å². The van der Waals surface area contributed by atoms with Crippen LogP contribution in [0.4, 0.5) is 0 Å². The summed E-state index contributed by atoms with van der Waals surface area (Å²) in [6.45, 7) is 2.92. The van der Waals surface area contributed by atoms with Gasteiger partial charge < -0.3 is 10.3 Å². The van der Waals surface area contributed by atoms with Crippen LogP contribution in [0.3, 0.4) is 0 Å². The number of H-pyrrole nitrogens is 1. The Kier molecular flexibility index (Phi) is 5.71. The molecule has 2 heterocycles. The summed E-state index contributed by atoms with van der Waals surface area (Å²) in [4.78, 5) is 18.9. The molecule has 0 spiro atoms. The minimum absolute atomic E-state index is 0.0445. The van der Waals surface area contributed by atoms with E-state index in [0.717, 1.165) is 67.3 Å². The molecule has 32 heavy (non-hydrogen) atoms. The first-order valence-electron chi connectivity index (χ1n) is 11.8. The smallest absolute Gasteiger partial charge is 0.251 e. The summed E-state index contributed by atoms with van der Waals surface area (Å²) in [6.07, 6.45) is 9.60. The van der Waals surface area contributed by atoms with Crippen molar-refractivity contribution in [1.82, 2.24) is 15.2 Å². The Balaban J connectivity index is 1.27. The van der Waals surface area contributed by atoms with Crippen molar-refractivity contribution in [3.63, 3.8) is 0 Å². The lowest BCUT2D eigenvalue weighted by molar-refractivity contribution is 0.0840. The van der Waals surface area contributed by atoms with E-state index in [1.807, 2.05) is 42.6 Å². The number of fused-ring (bicyclic) bond motifs is 2. The van der Waals surface area contributed by atoms with Crippen LogP contribution in [0.1, 0.15) is 65.6 Å². The number of nitriles is 1. The Morgan fingerprint density at radius 3 is 2.81 bits per heavy atom. The van der Waals surface area contributed by atoms with Gasteiger partial charge in [0.15, 0.2) is 0 Å². The van der Waals surface area contributed by atoms with Crippen LogP contribution < -0.4 is 5.32 Å². The summed E-state index contributed by atoms with van der Waals surface area (Å²) in [7, 11) is 0. The second kappa shape index (κ2) is 8.80. The van der Waals surface area contributed by atoms with E-state index < -0.39 is 0 Å². The van der Waals surface area contributed by atoms with Crippen molar-refractivity contribution in [2.45, 2.75) is 57.0 Å². The summed E-state index contributed by atoms with van der Waals surface area (Å²) < 4.78 is 0. The molecule has 0 radical (unpaired) electrons. The second-order valence-corrected chi connectivity index (χ2v) is 9.45. The molecule has 0 bridgehead atoms. The van der Waals surface area contributed by atoms with E-state index >= 15 is 0 Å². The summed E-state index contributed by atoms with van der Waals surface area (Å²) in [5.74, 6) is 0.0445. The van der Waals surface area contributed by atoms with Crippen LogP contribution in [0.25, 0.3) is 10.9 Å². The van der Waals surface area contributed by atoms with Crippen molar-refractivity contribution >= 4 is 16.8 Å². The normalized spacial score (nSPS) is 18.1. The number of amides is 1. The van der Waals surface area contributed by atoms with Crippen molar-refractivity contribution in [2.24, 2.45) is 0 Å². The number of aromatic nitrogens is 1. The van der Waals surface area contributed by atoms with Crippen molar-refractivity contribution < 1.29 is 4.79 Å². The molecular weight excluding hydrogens is 396 g/mol. The zero-order chi connectivity index (χ0) is 22.0. The molecule has 2 aliphatic rings. The fourth-order valence-electron chi connectivity index (χ4n) is 5.42. The van der Waals surface area contributed by atoms with Gasteiger partial charge in [-0.3, -0.25) is 9.69 Å². The predicted octanol–water partition coefficient (Wildman–Crippen LogP) is 4.92. The van der Waals surface area contributed by atoms with Crippen LogP contribution in [0.15, 0.2) is 48.7 Å².